The Morgan fingerprint density at radius 3 is 2.88 bits per heavy atom. The number of rotatable bonds is 4. The van der Waals surface area contributed by atoms with E-state index in [0.717, 1.165) is 41.9 Å². The average molecular weight is 252 g/mol. The summed E-state index contributed by atoms with van der Waals surface area (Å²) in [5.41, 5.74) is 3.09. The Balaban J connectivity index is 2.59. The van der Waals surface area contributed by atoms with Gasteiger partial charge in [-0.3, -0.25) is 0 Å². The van der Waals surface area contributed by atoms with E-state index in [4.69, 9.17) is 11.6 Å². The van der Waals surface area contributed by atoms with Gasteiger partial charge in [-0.15, -0.1) is 11.6 Å². The van der Waals surface area contributed by atoms with Crippen molar-refractivity contribution in [3.05, 3.63) is 23.7 Å². The lowest BCUT2D eigenvalue weighted by atomic mass is 10.3. The largest absolute Gasteiger partial charge is 0.311 e. The molecular weight excluding hydrogens is 234 g/mol. The van der Waals surface area contributed by atoms with Crippen molar-refractivity contribution in [2.24, 2.45) is 0 Å². The Morgan fingerprint density at radius 2 is 2.24 bits per heavy atom. The van der Waals surface area contributed by atoms with Crippen LogP contribution in [-0.2, 0) is 6.54 Å². The van der Waals surface area contributed by atoms with Crippen molar-refractivity contribution < 1.29 is 0 Å². The number of hydrogen-bond acceptors (Lipinski definition) is 2. The first-order valence-corrected chi connectivity index (χ1v) is 6.54. The summed E-state index contributed by atoms with van der Waals surface area (Å²) in [7, 11) is 0. The van der Waals surface area contributed by atoms with E-state index < -0.39 is 0 Å². The van der Waals surface area contributed by atoms with Crippen LogP contribution in [0.15, 0.2) is 12.3 Å². The molecule has 4 heteroatoms. The number of aryl methyl sites for hydroxylation is 2. The third-order valence-corrected chi connectivity index (χ3v) is 3.15. The summed E-state index contributed by atoms with van der Waals surface area (Å²) >= 11 is 6.20. The highest BCUT2D eigenvalue weighted by atomic mass is 35.5. The molecule has 0 aromatic carbocycles. The first-order valence-electron chi connectivity index (χ1n) is 6.11. The lowest BCUT2D eigenvalue weighted by Gasteiger charge is -2.08. The summed E-state index contributed by atoms with van der Waals surface area (Å²) in [6, 6.07) is 1.99. The van der Waals surface area contributed by atoms with E-state index in [1.54, 1.807) is 0 Å². The topological polar surface area (TPSA) is 30.7 Å². The lowest BCUT2D eigenvalue weighted by molar-refractivity contribution is 0.612. The molecule has 2 aromatic heterocycles. The van der Waals surface area contributed by atoms with Gasteiger partial charge in [0.25, 0.3) is 0 Å². The molecule has 0 saturated heterocycles. The maximum Gasteiger partial charge on any atom is 0.160 e. The van der Waals surface area contributed by atoms with Crippen LogP contribution in [0.3, 0.4) is 0 Å². The van der Waals surface area contributed by atoms with Crippen LogP contribution < -0.4 is 0 Å². The van der Waals surface area contributed by atoms with E-state index in [9.17, 15) is 0 Å². The molecule has 2 aromatic rings. The number of alkyl halides is 1. The van der Waals surface area contributed by atoms with E-state index in [1.807, 2.05) is 19.2 Å². The summed E-state index contributed by atoms with van der Waals surface area (Å²) in [6.07, 6.45) is 4.11. The summed E-state index contributed by atoms with van der Waals surface area (Å²) in [5.74, 6) is 0.928. The predicted molar refractivity (Wildman–Crippen MR) is 71.4 cm³/mol. The minimum Gasteiger partial charge on any atom is -0.311 e. The number of unbranched alkanes of at least 4 members (excludes halogenated alkanes) is 1. The van der Waals surface area contributed by atoms with E-state index in [2.05, 4.69) is 28.4 Å². The predicted octanol–water partition coefficient (Wildman–Crippen LogP) is 3.84. The Hall–Kier alpha value is -1.09. The fourth-order valence-corrected chi connectivity index (χ4v) is 2.16. The van der Waals surface area contributed by atoms with Crippen molar-refractivity contribution >= 4 is 22.8 Å². The first-order chi connectivity index (χ1) is 8.15. The summed E-state index contributed by atoms with van der Waals surface area (Å²) in [5, 5.41) is -0.0829. The molecule has 1 unspecified atom stereocenters. The second-order valence-electron chi connectivity index (χ2n) is 4.39. The molecular formula is C13H18ClN3. The molecule has 3 nitrogen and oxygen atoms in total. The van der Waals surface area contributed by atoms with Crippen LogP contribution >= 0.6 is 11.6 Å². The number of imidazole rings is 1. The molecule has 0 radical (unpaired) electrons. The summed E-state index contributed by atoms with van der Waals surface area (Å²) in [6.45, 7) is 7.14. The van der Waals surface area contributed by atoms with E-state index >= 15 is 0 Å². The molecule has 0 aliphatic heterocycles. The SMILES string of the molecule is CCCCn1c(C(C)Cl)nc2c(C)ccnc21. The number of hydrogen-bond donors (Lipinski definition) is 0. The maximum atomic E-state index is 6.20. The van der Waals surface area contributed by atoms with Crippen molar-refractivity contribution in [1.82, 2.24) is 14.5 Å². The van der Waals surface area contributed by atoms with Crippen LogP contribution in [0.5, 0.6) is 0 Å². The quantitative estimate of drug-likeness (QED) is 0.773. The van der Waals surface area contributed by atoms with Gasteiger partial charge in [0.05, 0.1) is 5.38 Å². The molecule has 0 fully saturated rings. The van der Waals surface area contributed by atoms with Gasteiger partial charge in [0, 0.05) is 12.7 Å². The van der Waals surface area contributed by atoms with Crippen LogP contribution in [0.4, 0.5) is 0 Å². The fraction of sp³-hybridized carbons (Fsp3) is 0.538. The van der Waals surface area contributed by atoms with Crippen molar-refractivity contribution in [3.63, 3.8) is 0 Å². The number of aromatic nitrogens is 3. The van der Waals surface area contributed by atoms with Gasteiger partial charge >= 0.3 is 0 Å². The normalized spacial score (nSPS) is 13.2. The van der Waals surface area contributed by atoms with Gasteiger partial charge in [-0.25, -0.2) is 9.97 Å². The van der Waals surface area contributed by atoms with Gasteiger partial charge in [0.2, 0.25) is 0 Å². The lowest BCUT2D eigenvalue weighted by Crippen LogP contribution is -2.05. The maximum absolute atomic E-state index is 6.20. The van der Waals surface area contributed by atoms with Crippen LogP contribution in [0, 0.1) is 6.92 Å². The highest BCUT2D eigenvalue weighted by molar-refractivity contribution is 6.20. The van der Waals surface area contributed by atoms with Crippen molar-refractivity contribution in [1.29, 1.82) is 0 Å². The molecule has 2 rings (SSSR count). The molecule has 17 heavy (non-hydrogen) atoms. The summed E-state index contributed by atoms with van der Waals surface area (Å²) < 4.78 is 2.16. The molecule has 0 saturated carbocycles. The molecule has 0 aliphatic rings. The molecule has 0 spiro atoms. The molecule has 0 bridgehead atoms. The van der Waals surface area contributed by atoms with E-state index in [1.165, 1.54) is 0 Å². The Bertz CT molecular complexity index is 517. The molecule has 0 N–H and O–H groups in total. The molecule has 0 amide bonds. The smallest absolute Gasteiger partial charge is 0.160 e. The fourth-order valence-electron chi connectivity index (χ4n) is 2.00. The van der Waals surface area contributed by atoms with Crippen LogP contribution in [-0.4, -0.2) is 14.5 Å². The van der Waals surface area contributed by atoms with Gasteiger partial charge in [0.1, 0.15) is 11.3 Å². The number of halogens is 1. The number of pyridine rings is 1. The highest BCUT2D eigenvalue weighted by Gasteiger charge is 2.16. The molecule has 2 heterocycles. The molecule has 92 valence electrons. The Kier molecular flexibility index (Phi) is 3.67. The van der Waals surface area contributed by atoms with Crippen molar-refractivity contribution in [3.8, 4) is 0 Å². The van der Waals surface area contributed by atoms with Crippen molar-refractivity contribution in [2.75, 3.05) is 0 Å². The first kappa shape index (κ1) is 12.4. The zero-order valence-electron chi connectivity index (χ0n) is 10.6. The van der Waals surface area contributed by atoms with Gasteiger partial charge in [-0.2, -0.15) is 0 Å². The Morgan fingerprint density at radius 1 is 1.47 bits per heavy atom. The van der Waals surface area contributed by atoms with Crippen LogP contribution in [0.25, 0.3) is 11.2 Å². The third-order valence-electron chi connectivity index (χ3n) is 2.96. The zero-order chi connectivity index (χ0) is 12.4. The summed E-state index contributed by atoms with van der Waals surface area (Å²) in [4.78, 5) is 9.07. The third kappa shape index (κ3) is 2.29. The zero-order valence-corrected chi connectivity index (χ0v) is 11.3. The number of nitrogens with zero attached hydrogens (tertiary/aromatic N) is 3. The highest BCUT2D eigenvalue weighted by Crippen LogP contribution is 2.25. The van der Waals surface area contributed by atoms with Gasteiger partial charge < -0.3 is 4.57 Å². The molecule has 1 atom stereocenters. The second-order valence-corrected chi connectivity index (χ2v) is 5.05. The van der Waals surface area contributed by atoms with E-state index in [0.29, 0.717) is 0 Å². The van der Waals surface area contributed by atoms with E-state index in [-0.39, 0.29) is 5.38 Å². The van der Waals surface area contributed by atoms with Crippen LogP contribution in [0.2, 0.25) is 0 Å². The number of fused-ring (bicyclic) bond motifs is 1. The average Bonchev–Trinajstić information content (AvgIpc) is 2.67. The molecule has 0 aliphatic carbocycles. The standard InChI is InChI=1S/C13H18ClN3/c1-4-5-8-17-12(10(3)14)16-11-9(2)6-7-15-13(11)17/h6-7,10H,4-5,8H2,1-3H3. The van der Waals surface area contributed by atoms with Gasteiger partial charge in [-0.05, 0) is 31.9 Å². The van der Waals surface area contributed by atoms with Crippen LogP contribution in [0.1, 0.15) is 43.5 Å². The minimum absolute atomic E-state index is 0.0829. The van der Waals surface area contributed by atoms with Gasteiger partial charge in [-0.1, -0.05) is 13.3 Å². The van der Waals surface area contributed by atoms with Crippen molar-refractivity contribution in [2.45, 2.75) is 45.5 Å². The Labute approximate surface area is 107 Å². The second kappa shape index (κ2) is 5.05. The van der Waals surface area contributed by atoms with Gasteiger partial charge in [0.15, 0.2) is 5.65 Å². The minimum atomic E-state index is -0.0829. The monoisotopic (exact) mass is 251 g/mol.